The van der Waals surface area contributed by atoms with Crippen molar-refractivity contribution in [1.29, 1.82) is 0 Å². The fourth-order valence-corrected chi connectivity index (χ4v) is 9.00. The molecule has 70 heavy (non-hydrogen) atoms. The SMILES string of the molecule is CCCC/C=C\CCCCCCCC(=O)OCCCCCCCCCCC/C=C\CCCCCCCC(=O)NC(COC1OC(CO)C(O)C(O)C1O)C(O)/C=C/CCCCCCCCCCCCC. The summed E-state index contributed by atoms with van der Waals surface area (Å²) in [5, 5.41) is 54.4. The molecule has 1 saturated heterocycles. The van der Waals surface area contributed by atoms with Crippen LogP contribution >= 0.6 is 0 Å². The van der Waals surface area contributed by atoms with E-state index in [4.69, 9.17) is 14.2 Å². The molecule has 1 aliphatic heterocycles. The highest BCUT2D eigenvalue weighted by molar-refractivity contribution is 5.76. The van der Waals surface area contributed by atoms with E-state index in [1.165, 1.54) is 148 Å². The van der Waals surface area contributed by atoms with Crippen LogP contribution in [0.15, 0.2) is 36.5 Å². The maximum atomic E-state index is 13.0. The maximum absolute atomic E-state index is 13.0. The van der Waals surface area contributed by atoms with E-state index in [0.717, 1.165) is 89.9 Å². The lowest BCUT2D eigenvalue weighted by molar-refractivity contribution is -0.302. The monoisotopic (exact) mass is 992 g/mol. The minimum Gasteiger partial charge on any atom is -0.466 e. The molecule has 7 atom stereocenters. The quantitative estimate of drug-likeness (QED) is 0.0195. The van der Waals surface area contributed by atoms with Crippen LogP contribution in [-0.2, 0) is 23.8 Å². The van der Waals surface area contributed by atoms with E-state index >= 15 is 0 Å². The van der Waals surface area contributed by atoms with Gasteiger partial charge in [0.05, 0.1) is 32.0 Å². The molecule has 1 fully saturated rings. The first kappa shape index (κ1) is 65.9. The van der Waals surface area contributed by atoms with Gasteiger partial charge in [0, 0.05) is 12.8 Å². The molecule has 6 N–H and O–H groups in total. The molecule has 0 saturated carbocycles. The summed E-state index contributed by atoms with van der Waals surface area (Å²) in [5.74, 6) is -0.221. The Morgan fingerprint density at radius 3 is 1.41 bits per heavy atom. The summed E-state index contributed by atoms with van der Waals surface area (Å²) in [6.45, 7) is 4.28. The van der Waals surface area contributed by atoms with Crippen LogP contribution in [0, 0.1) is 0 Å². The van der Waals surface area contributed by atoms with E-state index in [1.54, 1.807) is 6.08 Å². The van der Waals surface area contributed by atoms with E-state index < -0.39 is 49.5 Å². The van der Waals surface area contributed by atoms with Gasteiger partial charge in [0.15, 0.2) is 6.29 Å². The summed E-state index contributed by atoms with van der Waals surface area (Å²) in [6, 6.07) is -0.820. The molecule has 0 aliphatic carbocycles. The zero-order valence-corrected chi connectivity index (χ0v) is 45.0. The minimum absolute atomic E-state index is 0.0242. The molecule has 11 heteroatoms. The molecule has 1 heterocycles. The van der Waals surface area contributed by atoms with Gasteiger partial charge in [-0.2, -0.15) is 0 Å². The van der Waals surface area contributed by atoms with E-state index in [9.17, 15) is 35.1 Å². The van der Waals surface area contributed by atoms with Crippen LogP contribution < -0.4 is 5.32 Å². The minimum atomic E-state index is -1.58. The third-order valence-corrected chi connectivity index (χ3v) is 13.7. The Balaban J connectivity index is 2.13. The standard InChI is InChI=1S/C59H109NO10/c1-3-5-7-9-11-13-15-22-26-29-33-37-41-45-52(62)51(50-69-59-58(67)57(66)56(65)53(49-61)70-59)60-54(63)46-42-38-34-30-27-23-20-18-16-17-19-21-24-28-32-36-40-44-48-68-55(64)47-43-39-35-31-25-14-12-10-8-6-4-2/h10,12,18,20,41,45,51-53,56-59,61-62,65-67H,3-9,11,13-17,19,21-40,42-44,46-50H2,1-2H3,(H,60,63)/b12-10-,20-18-,45-41+. The molecular formula is C59H109NO10. The van der Waals surface area contributed by atoms with Crippen LogP contribution in [0.25, 0.3) is 0 Å². The topological polar surface area (TPSA) is 175 Å². The number of rotatable bonds is 50. The molecule has 0 spiro atoms. The summed E-state index contributed by atoms with van der Waals surface area (Å²) in [7, 11) is 0. The van der Waals surface area contributed by atoms with Crippen molar-refractivity contribution in [3.63, 3.8) is 0 Å². The van der Waals surface area contributed by atoms with Crippen molar-refractivity contribution in [1.82, 2.24) is 5.32 Å². The van der Waals surface area contributed by atoms with Gasteiger partial charge >= 0.3 is 5.97 Å². The Kier molecular flexibility index (Phi) is 46.2. The van der Waals surface area contributed by atoms with Crippen LogP contribution in [0.2, 0.25) is 0 Å². The first-order valence-electron chi connectivity index (χ1n) is 29.3. The highest BCUT2D eigenvalue weighted by Crippen LogP contribution is 2.23. The number of allylic oxidation sites excluding steroid dienone is 5. The lowest BCUT2D eigenvalue weighted by atomic mass is 9.99. The molecule has 0 aromatic heterocycles. The first-order chi connectivity index (χ1) is 34.2. The van der Waals surface area contributed by atoms with Crippen molar-refractivity contribution >= 4 is 11.9 Å². The lowest BCUT2D eigenvalue weighted by Gasteiger charge is -2.40. The van der Waals surface area contributed by atoms with E-state index in [2.05, 4.69) is 43.5 Å². The zero-order valence-electron chi connectivity index (χ0n) is 45.0. The smallest absolute Gasteiger partial charge is 0.305 e. The predicted octanol–water partition coefficient (Wildman–Crippen LogP) is 13.1. The molecule has 1 rings (SSSR count). The van der Waals surface area contributed by atoms with E-state index in [0.29, 0.717) is 19.4 Å². The van der Waals surface area contributed by atoms with Crippen molar-refractivity contribution < 1.29 is 49.3 Å². The number of esters is 1. The van der Waals surface area contributed by atoms with Crippen LogP contribution in [0.4, 0.5) is 0 Å². The van der Waals surface area contributed by atoms with Gasteiger partial charge < -0.3 is 45.1 Å². The van der Waals surface area contributed by atoms with Crippen molar-refractivity contribution in [2.24, 2.45) is 0 Å². The molecular weight excluding hydrogens is 883 g/mol. The first-order valence-corrected chi connectivity index (χ1v) is 29.3. The number of nitrogens with one attached hydrogen (secondary N) is 1. The highest BCUT2D eigenvalue weighted by Gasteiger charge is 2.44. The number of hydrogen-bond donors (Lipinski definition) is 6. The molecule has 1 aliphatic rings. The molecule has 0 aromatic carbocycles. The Morgan fingerprint density at radius 2 is 0.929 bits per heavy atom. The van der Waals surface area contributed by atoms with Gasteiger partial charge in [-0.15, -0.1) is 0 Å². The van der Waals surface area contributed by atoms with Crippen LogP contribution in [-0.4, -0.2) is 100 Å². The Morgan fingerprint density at radius 1 is 0.514 bits per heavy atom. The largest absolute Gasteiger partial charge is 0.466 e. The molecule has 0 radical (unpaired) electrons. The fourth-order valence-electron chi connectivity index (χ4n) is 9.00. The second-order valence-electron chi connectivity index (χ2n) is 20.3. The average Bonchev–Trinajstić information content (AvgIpc) is 3.36. The predicted molar refractivity (Wildman–Crippen MR) is 287 cm³/mol. The van der Waals surface area contributed by atoms with Crippen molar-refractivity contribution in [2.45, 2.75) is 307 Å². The number of ether oxygens (including phenoxy) is 3. The number of carbonyl (C=O) groups is 2. The zero-order chi connectivity index (χ0) is 51.0. The normalized spacial score (nSPS) is 19.4. The summed E-state index contributed by atoms with van der Waals surface area (Å²) < 4.78 is 16.7. The maximum Gasteiger partial charge on any atom is 0.305 e. The van der Waals surface area contributed by atoms with Crippen molar-refractivity contribution in [3.8, 4) is 0 Å². The number of carbonyl (C=O) groups excluding carboxylic acids is 2. The van der Waals surface area contributed by atoms with Crippen LogP contribution in [0.1, 0.15) is 264 Å². The molecule has 0 aromatic rings. The third kappa shape index (κ3) is 38.5. The summed E-state index contributed by atoms with van der Waals surface area (Å²) in [6.07, 6.45) is 49.4. The highest BCUT2D eigenvalue weighted by atomic mass is 16.7. The Hall–Kier alpha value is -2.12. The molecule has 0 bridgehead atoms. The molecule has 410 valence electrons. The summed E-state index contributed by atoms with van der Waals surface area (Å²) >= 11 is 0. The Bertz CT molecular complexity index is 1260. The van der Waals surface area contributed by atoms with Crippen molar-refractivity contribution in [2.75, 3.05) is 19.8 Å². The molecule has 11 nitrogen and oxygen atoms in total. The van der Waals surface area contributed by atoms with Gasteiger partial charge in [0.1, 0.15) is 24.4 Å². The Labute approximate surface area is 428 Å². The van der Waals surface area contributed by atoms with Gasteiger partial charge in [-0.25, -0.2) is 0 Å². The molecule has 1 amide bonds. The number of unbranched alkanes of at least 4 members (excludes halogenated alkanes) is 32. The van der Waals surface area contributed by atoms with Crippen LogP contribution in [0.3, 0.4) is 0 Å². The summed E-state index contributed by atoms with van der Waals surface area (Å²) in [5.41, 5.74) is 0. The van der Waals surface area contributed by atoms with E-state index in [1.807, 2.05) is 6.08 Å². The van der Waals surface area contributed by atoms with Crippen LogP contribution in [0.5, 0.6) is 0 Å². The second kappa shape index (κ2) is 49.1. The van der Waals surface area contributed by atoms with Gasteiger partial charge in [-0.05, 0) is 77.0 Å². The van der Waals surface area contributed by atoms with Gasteiger partial charge in [0.2, 0.25) is 5.91 Å². The van der Waals surface area contributed by atoms with Gasteiger partial charge in [0.25, 0.3) is 0 Å². The number of aliphatic hydroxyl groups is 5. The van der Waals surface area contributed by atoms with Crippen molar-refractivity contribution in [3.05, 3.63) is 36.5 Å². The number of hydrogen-bond acceptors (Lipinski definition) is 10. The van der Waals surface area contributed by atoms with Gasteiger partial charge in [-0.1, -0.05) is 211 Å². The third-order valence-electron chi connectivity index (χ3n) is 13.7. The number of aliphatic hydroxyl groups excluding tert-OH is 5. The number of amides is 1. The van der Waals surface area contributed by atoms with Gasteiger partial charge in [-0.3, -0.25) is 9.59 Å². The summed E-state index contributed by atoms with van der Waals surface area (Å²) in [4.78, 5) is 25.0. The van der Waals surface area contributed by atoms with E-state index in [-0.39, 0.29) is 18.5 Å². The second-order valence-corrected chi connectivity index (χ2v) is 20.3. The lowest BCUT2D eigenvalue weighted by Crippen LogP contribution is -2.60. The fraction of sp³-hybridized carbons (Fsp3) is 0.864. The molecule has 7 unspecified atom stereocenters. The average molecular weight is 993 g/mol.